The van der Waals surface area contributed by atoms with Gasteiger partial charge in [-0.1, -0.05) is 20.8 Å². The first kappa shape index (κ1) is 17.9. The largest absolute Gasteiger partial charge is 0.496 e. The molecule has 19 heavy (non-hydrogen) atoms. The fourth-order valence-electron chi connectivity index (χ4n) is 1.76. The second-order valence-electron chi connectivity index (χ2n) is 5.29. The van der Waals surface area contributed by atoms with Crippen LogP contribution in [0.15, 0.2) is 12.1 Å². The first-order valence-corrected chi connectivity index (χ1v) is 5.90. The van der Waals surface area contributed by atoms with Gasteiger partial charge in [-0.2, -0.15) is 0 Å². The van der Waals surface area contributed by atoms with Crippen molar-refractivity contribution in [3.8, 4) is 17.2 Å². The summed E-state index contributed by atoms with van der Waals surface area (Å²) < 4.78 is 15.9. The molecule has 1 aromatic rings. The molecule has 0 heterocycles. The van der Waals surface area contributed by atoms with Crippen LogP contribution in [-0.2, 0) is 0 Å². The maximum atomic E-state index is 6.29. The van der Waals surface area contributed by atoms with Crippen LogP contribution in [0.1, 0.15) is 32.4 Å². The molecule has 0 bridgehead atoms. The highest BCUT2D eigenvalue weighted by molar-refractivity contribution is 5.85. The van der Waals surface area contributed by atoms with Crippen LogP contribution in [0.2, 0.25) is 0 Å². The molecule has 0 radical (unpaired) electrons. The lowest BCUT2D eigenvalue weighted by Gasteiger charge is -2.29. The summed E-state index contributed by atoms with van der Waals surface area (Å²) in [5.41, 5.74) is 7.14. The van der Waals surface area contributed by atoms with E-state index in [1.165, 1.54) is 0 Å². The third kappa shape index (κ3) is 3.91. The van der Waals surface area contributed by atoms with Crippen molar-refractivity contribution >= 4 is 12.4 Å². The molecule has 0 aliphatic rings. The van der Waals surface area contributed by atoms with Gasteiger partial charge < -0.3 is 19.9 Å². The second kappa shape index (κ2) is 6.87. The van der Waals surface area contributed by atoms with Crippen molar-refractivity contribution in [3.63, 3.8) is 0 Å². The number of ether oxygens (including phenoxy) is 3. The van der Waals surface area contributed by atoms with Crippen molar-refractivity contribution in [2.75, 3.05) is 21.3 Å². The van der Waals surface area contributed by atoms with Crippen LogP contribution in [0.4, 0.5) is 0 Å². The Kier molecular flexibility index (Phi) is 6.46. The van der Waals surface area contributed by atoms with Gasteiger partial charge >= 0.3 is 0 Å². The summed E-state index contributed by atoms with van der Waals surface area (Å²) in [5.74, 6) is 2.02. The lowest BCUT2D eigenvalue weighted by molar-refractivity contribution is 0.308. The van der Waals surface area contributed by atoms with Gasteiger partial charge in [0.15, 0.2) is 11.5 Å². The third-order valence-electron chi connectivity index (χ3n) is 3.00. The highest BCUT2D eigenvalue weighted by atomic mass is 35.5. The minimum absolute atomic E-state index is 0. The van der Waals surface area contributed by atoms with Crippen LogP contribution in [0.5, 0.6) is 17.2 Å². The third-order valence-corrected chi connectivity index (χ3v) is 3.00. The van der Waals surface area contributed by atoms with Gasteiger partial charge in [0.05, 0.1) is 21.3 Å². The fraction of sp³-hybridized carbons (Fsp3) is 0.571. The number of methoxy groups -OCH3 is 3. The zero-order valence-corrected chi connectivity index (χ0v) is 13.3. The number of hydrogen-bond acceptors (Lipinski definition) is 4. The van der Waals surface area contributed by atoms with Crippen LogP contribution in [-0.4, -0.2) is 21.3 Å². The Labute approximate surface area is 121 Å². The summed E-state index contributed by atoms with van der Waals surface area (Å²) >= 11 is 0. The van der Waals surface area contributed by atoms with Gasteiger partial charge in [0, 0.05) is 17.7 Å². The molecule has 110 valence electrons. The topological polar surface area (TPSA) is 53.7 Å². The predicted octanol–water partition coefficient (Wildman–Crippen LogP) is 3.18. The van der Waals surface area contributed by atoms with E-state index in [4.69, 9.17) is 19.9 Å². The van der Waals surface area contributed by atoms with Crippen molar-refractivity contribution in [2.45, 2.75) is 26.8 Å². The van der Waals surface area contributed by atoms with Crippen LogP contribution >= 0.6 is 12.4 Å². The van der Waals surface area contributed by atoms with E-state index in [0.29, 0.717) is 11.5 Å². The molecule has 0 spiro atoms. The Hall–Kier alpha value is -1.13. The van der Waals surface area contributed by atoms with Gasteiger partial charge in [0.1, 0.15) is 5.75 Å². The molecule has 1 aromatic carbocycles. The average molecular weight is 290 g/mol. The SMILES string of the molecule is COc1cc(OC)c([C@@H](N)C(C)(C)C)cc1OC.Cl. The maximum Gasteiger partial charge on any atom is 0.164 e. The van der Waals surface area contributed by atoms with Crippen molar-refractivity contribution < 1.29 is 14.2 Å². The molecule has 2 N–H and O–H groups in total. The highest BCUT2D eigenvalue weighted by Crippen LogP contribution is 2.41. The molecule has 0 aromatic heterocycles. The molecule has 0 fully saturated rings. The summed E-state index contributed by atoms with van der Waals surface area (Å²) in [7, 11) is 4.83. The second-order valence-corrected chi connectivity index (χ2v) is 5.29. The number of hydrogen-bond donors (Lipinski definition) is 1. The number of nitrogens with two attached hydrogens (primary N) is 1. The van der Waals surface area contributed by atoms with Crippen LogP contribution in [0.3, 0.4) is 0 Å². The van der Waals surface area contributed by atoms with Gasteiger partial charge in [0.2, 0.25) is 0 Å². The molecule has 5 heteroatoms. The van der Waals surface area contributed by atoms with E-state index in [1.807, 2.05) is 6.07 Å². The fourth-order valence-corrected chi connectivity index (χ4v) is 1.76. The van der Waals surface area contributed by atoms with E-state index in [9.17, 15) is 0 Å². The molecule has 0 saturated heterocycles. The van der Waals surface area contributed by atoms with Gasteiger partial charge in [-0.15, -0.1) is 12.4 Å². The average Bonchev–Trinajstić information content (AvgIpc) is 2.34. The Balaban J connectivity index is 0.00000324. The lowest BCUT2D eigenvalue weighted by Crippen LogP contribution is -2.26. The standard InChI is InChI=1S/C14H23NO3.ClH/c1-14(2,3)13(15)9-7-11(17-5)12(18-6)8-10(9)16-4;/h7-8,13H,15H2,1-6H3;1H/t13-;/m1./s1. The van der Waals surface area contributed by atoms with Gasteiger partial charge in [-0.25, -0.2) is 0 Å². The normalized spacial score (nSPS) is 12.4. The molecule has 0 unspecified atom stereocenters. The zero-order chi connectivity index (χ0) is 13.9. The van der Waals surface area contributed by atoms with E-state index in [2.05, 4.69) is 20.8 Å². The molecule has 1 rings (SSSR count). The predicted molar refractivity (Wildman–Crippen MR) is 79.7 cm³/mol. The van der Waals surface area contributed by atoms with Crippen molar-refractivity contribution in [2.24, 2.45) is 11.1 Å². The molecule has 0 aliphatic carbocycles. The van der Waals surface area contributed by atoms with E-state index < -0.39 is 0 Å². The summed E-state index contributed by atoms with van der Waals surface area (Å²) in [4.78, 5) is 0. The lowest BCUT2D eigenvalue weighted by atomic mass is 9.82. The monoisotopic (exact) mass is 289 g/mol. The molecule has 4 nitrogen and oxygen atoms in total. The van der Waals surface area contributed by atoms with Crippen LogP contribution in [0, 0.1) is 5.41 Å². The van der Waals surface area contributed by atoms with E-state index >= 15 is 0 Å². The summed E-state index contributed by atoms with van der Waals surface area (Å²) in [6.07, 6.45) is 0. The number of benzene rings is 1. The van der Waals surface area contributed by atoms with E-state index in [-0.39, 0.29) is 23.9 Å². The number of rotatable bonds is 4. The van der Waals surface area contributed by atoms with Gasteiger partial charge in [-0.05, 0) is 11.5 Å². The maximum absolute atomic E-state index is 6.29. The Morgan fingerprint density at radius 2 is 1.32 bits per heavy atom. The summed E-state index contributed by atoms with van der Waals surface area (Å²) in [5, 5.41) is 0. The van der Waals surface area contributed by atoms with Crippen molar-refractivity contribution in [3.05, 3.63) is 17.7 Å². The molecule has 1 atom stereocenters. The Bertz CT molecular complexity index is 416. The Morgan fingerprint density at radius 3 is 1.68 bits per heavy atom. The number of halogens is 1. The molecule has 0 aliphatic heterocycles. The van der Waals surface area contributed by atoms with Gasteiger partial charge in [0.25, 0.3) is 0 Å². The molecular formula is C14H24ClNO3. The summed E-state index contributed by atoms with van der Waals surface area (Å²) in [6, 6.07) is 3.54. The first-order chi connectivity index (χ1) is 8.35. The smallest absolute Gasteiger partial charge is 0.164 e. The first-order valence-electron chi connectivity index (χ1n) is 5.90. The minimum atomic E-state index is -0.146. The van der Waals surface area contributed by atoms with E-state index in [1.54, 1.807) is 27.4 Å². The van der Waals surface area contributed by atoms with E-state index in [0.717, 1.165) is 11.3 Å². The van der Waals surface area contributed by atoms with Crippen molar-refractivity contribution in [1.82, 2.24) is 0 Å². The zero-order valence-electron chi connectivity index (χ0n) is 12.4. The highest BCUT2D eigenvalue weighted by Gasteiger charge is 2.26. The van der Waals surface area contributed by atoms with Crippen LogP contribution in [0.25, 0.3) is 0 Å². The minimum Gasteiger partial charge on any atom is -0.496 e. The van der Waals surface area contributed by atoms with Crippen LogP contribution < -0.4 is 19.9 Å². The van der Waals surface area contributed by atoms with Crippen molar-refractivity contribution in [1.29, 1.82) is 0 Å². The molecule has 0 saturated carbocycles. The Morgan fingerprint density at radius 1 is 0.895 bits per heavy atom. The van der Waals surface area contributed by atoms with Gasteiger partial charge in [-0.3, -0.25) is 0 Å². The molecule has 0 amide bonds. The quantitative estimate of drug-likeness (QED) is 0.925. The summed E-state index contributed by atoms with van der Waals surface area (Å²) in [6.45, 7) is 6.27. The molecular weight excluding hydrogens is 266 g/mol.